The van der Waals surface area contributed by atoms with Crippen LogP contribution >= 0.6 is 0 Å². The molecule has 0 aromatic carbocycles. The summed E-state index contributed by atoms with van der Waals surface area (Å²) in [4.78, 5) is 73.9. The minimum Gasteiger partial charge on any atom is -0.391 e. The van der Waals surface area contributed by atoms with Gasteiger partial charge in [0.25, 0.3) is 0 Å². The summed E-state index contributed by atoms with van der Waals surface area (Å²) in [6, 6.07) is 2.71. The number of hydrogen-bond acceptors (Lipinski definition) is 17. The van der Waals surface area contributed by atoms with Gasteiger partial charge in [0.15, 0.2) is 0 Å². The van der Waals surface area contributed by atoms with Crippen LogP contribution in [-0.4, -0.2) is 345 Å². The number of rotatable bonds is 21. The molecule has 91 heavy (non-hydrogen) atoms. The molecule has 10 rings (SSSR count). The van der Waals surface area contributed by atoms with E-state index in [9.17, 15) is 24.3 Å². The molecule has 4 N–H and O–H groups in total. The van der Waals surface area contributed by atoms with Gasteiger partial charge >= 0.3 is 0 Å². The lowest BCUT2D eigenvalue weighted by molar-refractivity contribution is -0.151. The van der Waals surface area contributed by atoms with E-state index in [1.165, 1.54) is 39.3 Å². The molecular formula is C70H137N13O8. The standard InChI is InChI=1S/C13H26N2O.C12H25N3O.C12H22N2O2.C11H20N2O2.2C11H22N2O/c1-11(2)7-14-8-12(9-14)15-5-6-16-13(3,4)10-15;1-9(2)6-15-7-10(8-15)14(5)12(3,4)11(13)16;1-9(2)5-13-6-10(7-13)12(16)14-4-3-11(15)8-14;1-8(2)3-12-4-9(5-12)11(15)13-6-10(14)7-13;1-9(2)4-13-5-10(6-13)12(3)11-7-14-8-11;1-9(2)6-13-7-11(3,8-13)10(14)12(4)5/h11-12H,5-10H2,1-4H3;9-10H,6-8H2,1-5H3,(H2,13,16);9-11,15H,3-8H2,1-2H3;8-10,14H,3-7H2,1-2H3;9-11H,4-8H2,1-3H3;9H,6-8H2,1-5H3. The summed E-state index contributed by atoms with van der Waals surface area (Å²) in [5, 5.41) is 18.5. The number of aliphatic hydroxyl groups excluding tert-OH is 2. The number of aliphatic hydroxyl groups is 2. The zero-order valence-electron chi connectivity index (χ0n) is 61.7. The number of morpholine rings is 1. The van der Waals surface area contributed by atoms with Crippen LogP contribution in [0.1, 0.15) is 124 Å². The van der Waals surface area contributed by atoms with Gasteiger partial charge < -0.3 is 54.8 Å². The zero-order valence-corrected chi connectivity index (χ0v) is 61.7. The van der Waals surface area contributed by atoms with Crippen molar-refractivity contribution in [1.82, 2.24) is 58.8 Å². The van der Waals surface area contributed by atoms with Gasteiger partial charge in [-0.2, -0.15) is 0 Å². The van der Waals surface area contributed by atoms with Crippen molar-refractivity contribution in [1.29, 1.82) is 0 Å². The highest BCUT2D eigenvalue weighted by atomic mass is 16.5. The topological polar surface area (TPSA) is 192 Å². The van der Waals surface area contributed by atoms with Crippen LogP contribution in [0.2, 0.25) is 0 Å². The SMILES string of the molecule is CC(C)CN1CC(C(=O)N2CC(O)C2)C1.CC(C)CN1CC(C(=O)N2CCC(O)C2)C1.CC(C)CN1CC(C)(C(=O)N(C)C)C1.CC(C)CN1CC(N(C)C(C)(C)C(N)=O)C1.CC(C)CN1CC(N(C)C2COC2)C1.CC(C)CN1CC(N2CCOC(C)(C)C2)C1. The van der Waals surface area contributed by atoms with Gasteiger partial charge in [0.2, 0.25) is 23.6 Å². The van der Waals surface area contributed by atoms with Crippen molar-refractivity contribution in [3.05, 3.63) is 0 Å². The van der Waals surface area contributed by atoms with Crippen LogP contribution in [0, 0.1) is 52.8 Å². The maximum atomic E-state index is 12.0. The molecule has 0 spiro atoms. The van der Waals surface area contributed by atoms with Gasteiger partial charge in [-0.15, -0.1) is 0 Å². The fourth-order valence-corrected chi connectivity index (χ4v) is 14.2. The summed E-state index contributed by atoms with van der Waals surface area (Å²) in [6.45, 7) is 63.9. The summed E-state index contributed by atoms with van der Waals surface area (Å²) in [7, 11) is 7.89. The summed E-state index contributed by atoms with van der Waals surface area (Å²) in [5.41, 5.74) is 4.79. The number of amides is 4. The molecule has 1 atom stereocenters. The first-order valence-electron chi connectivity index (χ1n) is 35.5. The molecule has 0 radical (unpaired) electrons. The average molecular weight is 1290 g/mol. The Hall–Kier alpha value is -2.64. The third kappa shape index (κ3) is 24.8. The number of β-amino-alcohol motifs (C(OH)–C–C–N with tert-alkyl or cyclic N) is 2. The lowest BCUT2D eigenvalue weighted by atomic mass is 9.80. The lowest BCUT2D eigenvalue weighted by Crippen LogP contribution is -2.66. The van der Waals surface area contributed by atoms with Gasteiger partial charge in [0.1, 0.15) is 0 Å². The number of carbonyl (C=O) groups excluding carboxylic acids is 4. The first-order valence-corrected chi connectivity index (χ1v) is 35.5. The quantitative estimate of drug-likeness (QED) is 0.151. The van der Waals surface area contributed by atoms with E-state index < -0.39 is 5.54 Å². The van der Waals surface area contributed by atoms with Crippen LogP contribution in [-0.2, 0) is 28.7 Å². The number of likely N-dealkylation sites (N-methyl/N-ethyl adjacent to an activating group) is 2. The molecule has 10 heterocycles. The molecule has 0 aromatic rings. The molecule has 0 saturated carbocycles. The summed E-state index contributed by atoms with van der Waals surface area (Å²) >= 11 is 0. The predicted molar refractivity (Wildman–Crippen MR) is 368 cm³/mol. The third-order valence-electron chi connectivity index (χ3n) is 19.7. The molecule has 10 fully saturated rings. The lowest BCUT2D eigenvalue weighted by Gasteiger charge is -2.50. The number of primary amides is 1. The van der Waals surface area contributed by atoms with Crippen molar-refractivity contribution in [2.24, 2.45) is 58.5 Å². The maximum Gasteiger partial charge on any atom is 0.237 e. The van der Waals surface area contributed by atoms with Gasteiger partial charge in [-0.1, -0.05) is 83.1 Å². The van der Waals surface area contributed by atoms with E-state index in [1.54, 1.807) is 9.80 Å². The van der Waals surface area contributed by atoms with E-state index in [2.05, 4.69) is 155 Å². The minimum absolute atomic E-state index is 0.0523. The van der Waals surface area contributed by atoms with Crippen molar-refractivity contribution in [3.63, 3.8) is 0 Å². The Morgan fingerprint density at radius 2 is 0.912 bits per heavy atom. The van der Waals surface area contributed by atoms with Crippen LogP contribution in [0.4, 0.5) is 0 Å². The molecule has 10 aliphatic rings. The summed E-state index contributed by atoms with van der Waals surface area (Å²) in [5.74, 6) is 5.20. The van der Waals surface area contributed by atoms with E-state index >= 15 is 0 Å². The van der Waals surface area contributed by atoms with Crippen LogP contribution in [0.25, 0.3) is 0 Å². The van der Waals surface area contributed by atoms with Crippen LogP contribution in [0.5, 0.6) is 0 Å². The Kier molecular flexibility index (Phi) is 30.9. The van der Waals surface area contributed by atoms with Crippen LogP contribution < -0.4 is 5.73 Å². The highest BCUT2D eigenvalue weighted by Gasteiger charge is 2.46. The average Bonchev–Trinajstić information content (AvgIpc) is 1.25. The number of likely N-dealkylation sites (tertiary alicyclic amines) is 8. The van der Waals surface area contributed by atoms with Crippen molar-refractivity contribution in [2.75, 3.05) is 205 Å². The van der Waals surface area contributed by atoms with Crippen molar-refractivity contribution in [3.8, 4) is 0 Å². The van der Waals surface area contributed by atoms with E-state index in [-0.39, 0.29) is 58.7 Å². The molecule has 1 unspecified atom stereocenters. The number of ether oxygens (including phenoxy) is 2. The number of hydrogen-bond donors (Lipinski definition) is 3. The summed E-state index contributed by atoms with van der Waals surface area (Å²) in [6.07, 6.45) is 0.172. The number of nitrogens with zero attached hydrogens (tertiary/aromatic N) is 12. The number of nitrogens with two attached hydrogens (primary N) is 1. The Morgan fingerprint density at radius 3 is 1.27 bits per heavy atom. The van der Waals surface area contributed by atoms with Gasteiger partial charge in [-0.05, 0) is 90.6 Å². The maximum absolute atomic E-state index is 12.0. The highest BCUT2D eigenvalue weighted by molar-refractivity contribution is 5.84. The second-order valence-electron chi connectivity index (χ2n) is 33.3. The highest BCUT2D eigenvalue weighted by Crippen LogP contribution is 2.32. The smallest absolute Gasteiger partial charge is 0.237 e. The second kappa shape index (κ2) is 35.6. The Morgan fingerprint density at radius 1 is 0.516 bits per heavy atom. The molecule has 4 amide bonds. The number of carbonyl (C=O) groups is 4. The second-order valence-corrected chi connectivity index (χ2v) is 33.3. The van der Waals surface area contributed by atoms with Crippen LogP contribution in [0.15, 0.2) is 0 Å². The first kappa shape index (κ1) is 79.1. The molecule has 10 saturated heterocycles. The van der Waals surface area contributed by atoms with Crippen molar-refractivity contribution in [2.45, 2.75) is 172 Å². The Balaban J connectivity index is 0.000000199. The zero-order chi connectivity index (χ0) is 68.0. The normalized spacial score (nSPS) is 24.3. The molecule has 0 aliphatic carbocycles. The Labute approximate surface area is 554 Å². The van der Waals surface area contributed by atoms with E-state index in [4.69, 9.17) is 20.3 Å². The molecule has 0 aromatic heterocycles. The Bertz CT molecular complexity index is 2170. The molecule has 21 heteroatoms. The molecule has 530 valence electrons. The first-order chi connectivity index (χ1) is 42.3. The molecule has 10 aliphatic heterocycles. The van der Waals surface area contributed by atoms with Crippen LogP contribution in [0.3, 0.4) is 0 Å². The van der Waals surface area contributed by atoms with E-state index in [0.29, 0.717) is 55.4 Å². The molecular weight excluding hydrogens is 1150 g/mol. The fraction of sp³-hybridized carbons (Fsp3) is 0.943. The van der Waals surface area contributed by atoms with Crippen molar-refractivity contribution < 1.29 is 38.9 Å². The third-order valence-corrected chi connectivity index (χ3v) is 19.7. The molecule has 21 nitrogen and oxygen atoms in total. The van der Waals surface area contributed by atoms with E-state index in [1.807, 2.05) is 39.9 Å². The van der Waals surface area contributed by atoms with Gasteiger partial charge in [0.05, 0.1) is 66.5 Å². The summed E-state index contributed by atoms with van der Waals surface area (Å²) < 4.78 is 11.0. The largest absolute Gasteiger partial charge is 0.391 e. The predicted octanol–water partition coefficient (Wildman–Crippen LogP) is 3.61. The van der Waals surface area contributed by atoms with Crippen molar-refractivity contribution >= 4 is 23.6 Å². The fourth-order valence-electron chi connectivity index (χ4n) is 14.2. The monoisotopic (exact) mass is 1290 g/mol. The van der Waals surface area contributed by atoms with Gasteiger partial charge in [-0.3, -0.25) is 48.6 Å². The van der Waals surface area contributed by atoms with E-state index in [0.717, 1.165) is 148 Å². The van der Waals surface area contributed by atoms with Gasteiger partial charge in [0, 0.05) is 189 Å². The minimum atomic E-state index is -0.547. The molecule has 0 bridgehead atoms. The van der Waals surface area contributed by atoms with Gasteiger partial charge in [-0.25, -0.2) is 0 Å².